The normalized spacial score (nSPS) is 19.8. The van der Waals surface area contributed by atoms with Crippen molar-refractivity contribution in [3.05, 3.63) is 59.9 Å². The second-order valence-electron chi connectivity index (χ2n) is 7.42. The molecule has 0 radical (unpaired) electrons. The number of amides is 1. The van der Waals surface area contributed by atoms with E-state index in [1.165, 1.54) is 0 Å². The molecule has 6 nitrogen and oxygen atoms in total. The monoisotopic (exact) mass is 379 g/mol. The fourth-order valence-electron chi connectivity index (χ4n) is 3.90. The zero-order chi connectivity index (χ0) is 19.5. The Balaban J connectivity index is 1.43. The predicted octanol–water partition coefficient (Wildman–Crippen LogP) is 3.13. The van der Waals surface area contributed by atoms with Gasteiger partial charge in [-0.25, -0.2) is 4.98 Å². The van der Waals surface area contributed by atoms with Crippen LogP contribution in [0.25, 0.3) is 10.9 Å². The van der Waals surface area contributed by atoms with Crippen molar-refractivity contribution in [2.45, 2.75) is 37.8 Å². The van der Waals surface area contributed by atoms with Crippen LogP contribution in [-0.2, 0) is 11.2 Å². The van der Waals surface area contributed by atoms with Crippen LogP contribution in [0.1, 0.15) is 36.4 Å². The van der Waals surface area contributed by atoms with Crippen molar-refractivity contribution in [2.75, 3.05) is 7.11 Å². The maximum atomic E-state index is 12.7. The number of rotatable bonds is 7. The van der Waals surface area contributed by atoms with Gasteiger partial charge >= 0.3 is 0 Å². The standard InChI is InChI=1S/C22H25N3O3/c1-28-21-9-7-15(13-24-21)22(16-10-17(26)11-16)25-20(27)8-6-14-12-23-19-5-3-2-4-18(14)19/h2-5,7,9,12-13,16-17,22-23,26H,6,8,10-11H2,1H3,(H,25,27)/t16?,17?,22-/m0/s1. The van der Waals surface area contributed by atoms with Gasteiger partial charge < -0.3 is 20.1 Å². The van der Waals surface area contributed by atoms with Crippen molar-refractivity contribution in [1.82, 2.24) is 15.3 Å². The number of ether oxygens (including phenoxy) is 1. The number of hydrogen-bond acceptors (Lipinski definition) is 4. The number of methoxy groups -OCH3 is 1. The minimum absolute atomic E-state index is 0.00693. The summed E-state index contributed by atoms with van der Waals surface area (Å²) < 4.78 is 5.12. The lowest BCUT2D eigenvalue weighted by molar-refractivity contribution is -0.123. The first-order valence-electron chi connectivity index (χ1n) is 9.66. The van der Waals surface area contributed by atoms with Crippen LogP contribution < -0.4 is 10.1 Å². The second kappa shape index (κ2) is 8.02. The van der Waals surface area contributed by atoms with Crippen molar-refractivity contribution < 1.29 is 14.6 Å². The van der Waals surface area contributed by atoms with E-state index in [2.05, 4.69) is 21.4 Å². The van der Waals surface area contributed by atoms with E-state index in [0.717, 1.165) is 22.0 Å². The lowest BCUT2D eigenvalue weighted by atomic mass is 9.75. The molecule has 1 aromatic carbocycles. The third kappa shape index (κ3) is 3.87. The number of para-hydroxylation sites is 1. The van der Waals surface area contributed by atoms with Crippen molar-refractivity contribution >= 4 is 16.8 Å². The fraction of sp³-hybridized carbons (Fsp3) is 0.364. The third-order valence-electron chi connectivity index (χ3n) is 5.56. The molecule has 6 heteroatoms. The SMILES string of the molecule is COc1ccc([C@H](NC(=O)CCc2c[nH]c3ccccc23)C2CC(O)C2)cn1. The lowest BCUT2D eigenvalue weighted by Gasteiger charge is -2.38. The number of nitrogens with zero attached hydrogens (tertiary/aromatic N) is 1. The first-order valence-corrected chi connectivity index (χ1v) is 9.66. The molecule has 1 atom stereocenters. The van der Waals surface area contributed by atoms with Crippen LogP contribution in [0.2, 0.25) is 0 Å². The molecule has 1 aliphatic rings. The van der Waals surface area contributed by atoms with E-state index in [1.807, 2.05) is 30.5 Å². The van der Waals surface area contributed by atoms with E-state index < -0.39 is 0 Å². The number of H-pyrrole nitrogens is 1. The number of benzene rings is 1. The molecule has 146 valence electrons. The van der Waals surface area contributed by atoms with Gasteiger partial charge in [0.1, 0.15) is 0 Å². The Morgan fingerprint density at radius 1 is 1.32 bits per heavy atom. The van der Waals surface area contributed by atoms with Crippen LogP contribution in [0.4, 0.5) is 0 Å². The highest BCUT2D eigenvalue weighted by atomic mass is 16.5. The Morgan fingerprint density at radius 2 is 2.14 bits per heavy atom. The van der Waals surface area contributed by atoms with Crippen LogP contribution in [0.3, 0.4) is 0 Å². The maximum Gasteiger partial charge on any atom is 0.220 e. The topological polar surface area (TPSA) is 87.2 Å². The Labute approximate surface area is 163 Å². The van der Waals surface area contributed by atoms with Crippen LogP contribution >= 0.6 is 0 Å². The maximum absolute atomic E-state index is 12.7. The van der Waals surface area contributed by atoms with E-state index in [0.29, 0.717) is 31.6 Å². The van der Waals surface area contributed by atoms with Gasteiger partial charge in [-0.2, -0.15) is 0 Å². The fourth-order valence-corrected chi connectivity index (χ4v) is 3.90. The number of fused-ring (bicyclic) bond motifs is 1. The van der Waals surface area contributed by atoms with E-state index in [4.69, 9.17) is 4.74 Å². The summed E-state index contributed by atoms with van der Waals surface area (Å²) in [5.41, 5.74) is 3.18. The number of aliphatic hydroxyl groups is 1. The molecular formula is C22H25N3O3. The molecule has 1 aliphatic carbocycles. The van der Waals surface area contributed by atoms with Gasteiger partial charge in [-0.05, 0) is 42.4 Å². The number of pyridine rings is 1. The van der Waals surface area contributed by atoms with Crippen LogP contribution in [0, 0.1) is 5.92 Å². The molecule has 2 heterocycles. The predicted molar refractivity (Wildman–Crippen MR) is 107 cm³/mol. The average molecular weight is 379 g/mol. The highest BCUT2D eigenvalue weighted by Crippen LogP contribution is 2.38. The molecule has 28 heavy (non-hydrogen) atoms. The highest BCUT2D eigenvalue weighted by Gasteiger charge is 2.35. The highest BCUT2D eigenvalue weighted by molar-refractivity contribution is 5.84. The van der Waals surface area contributed by atoms with E-state index in [1.54, 1.807) is 19.4 Å². The number of aryl methyl sites for hydroxylation is 1. The summed E-state index contributed by atoms with van der Waals surface area (Å²) in [5.74, 6) is 0.775. The number of aromatic amines is 1. The van der Waals surface area contributed by atoms with Gasteiger partial charge in [-0.1, -0.05) is 24.3 Å². The molecule has 4 rings (SSSR count). The molecule has 1 fully saturated rings. The Kier molecular flexibility index (Phi) is 5.30. The molecule has 0 bridgehead atoms. The summed E-state index contributed by atoms with van der Waals surface area (Å²) in [6.45, 7) is 0. The Hall–Kier alpha value is -2.86. The number of aliphatic hydroxyl groups excluding tert-OH is 1. The molecule has 0 aliphatic heterocycles. The molecule has 1 amide bonds. The number of nitrogens with one attached hydrogen (secondary N) is 2. The number of aromatic nitrogens is 2. The van der Waals surface area contributed by atoms with E-state index >= 15 is 0 Å². The number of carbonyl (C=O) groups excluding carboxylic acids is 1. The van der Waals surface area contributed by atoms with Crippen molar-refractivity contribution in [1.29, 1.82) is 0 Å². The first kappa shape index (κ1) is 18.5. The summed E-state index contributed by atoms with van der Waals surface area (Å²) in [6, 6.07) is 11.7. The Morgan fingerprint density at radius 3 is 2.86 bits per heavy atom. The largest absolute Gasteiger partial charge is 0.481 e. The molecule has 3 aromatic rings. The van der Waals surface area contributed by atoms with Gasteiger partial charge in [-0.3, -0.25) is 4.79 Å². The zero-order valence-electron chi connectivity index (χ0n) is 15.9. The summed E-state index contributed by atoms with van der Waals surface area (Å²) in [4.78, 5) is 20.2. The smallest absolute Gasteiger partial charge is 0.220 e. The van der Waals surface area contributed by atoms with Gasteiger partial charge in [0.05, 0.1) is 19.3 Å². The van der Waals surface area contributed by atoms with Gasteiger partial charge in [0.25, 0.3) is 0 Å². The zero-order valence-corrected chi connectivity index (χ0v) is 15.9. The third-order valence-corrected chi connectivity index (χ3v) is 5.56. The van der Waals surface area contributed by atoms with E-state index in [9.17, 15) is 9.90 Å². The van der Waals surface area contributed by atoms with Crippen LogP contribution in [0.15, 0.2) is 48.8 Å². The average Bonchev–Trinajstić information content (AvgIpc) is 3.12. The van der Waals surface area contributed by atoms with Crippen molar-refractivity contribution in [2.24, 2.45) is 5.92 Å². The molecule has 3 N–H and O–H groups in total. The van der Waals surface area contributed by atoms with Crippen LogP contribution in [0.5, 0.6) is 5.88 Å². The molecule has 0 unspecified atom stereocenters. The molecule has 1 saturated carbocycles. The van der Waals surface area contributed by atoms with Crippen molar-refractivity contribution in [3.63, 3.8) is 0 Å². The minimum atomic E-state index is -0.276. The summed E-state index contributed by atoms with van der Waals surface area (Å²) >= 11 is 0. The van der Waals surface area contributed by atoms with E-state index in [-0.39, 0.29) is 24.0 Å². The molecular weight excluding hydrogens is 354 g/mol. The van der Waals surface area contributed by atoms with Gasteiger partial charge in [0.2, 0.25) is 11.8 Å². The lowest BCUT2D eigenvalue weighted by Crippen LogP contribution is -2.41. The molecule has 0 spiro atoms. The number of hydrogen-bond donors (Lipinski definition) is 3. The first-order chi connectivity index (χ1) is 13.6. The number of carbonyl (C=O) groups is 1. The summed E-state index contributed by atoms with van der Waals surface area (Å²) in [7, 11) is 1.58. The Bertz CT molecular complexity index is 945. The molecule has 0 saturated heterocycles. The van der Waals surface area contributed by atoms with Gasteiger partial charge in [0, 0.05) is 35.8 Å². The summed E-state index contributed by atoms with van der Waals surface area (Å²) in [6.07, 6.45) is 5.92. The second-order valence-corrected chi connectivity index (χ2v) is 7.42. The minimum Gasteiger partial charge on any atom is -0.481 e. The van der Waals surface area contributed by atoms with Crippen molar-refractivity contribution in [3.8, 4) is 5.88 Å². The summed E-state index contributed by atoms with van der Waals surface area (Å²) in [5, 5.41) is 14.0. The molecule has 2 aromatic heterocycles. The van der Waals surface area contributed by atoms with Gasteiger partial charge in [0.15, 0.2) is 0 Å². The quantitative estimate of drug-likeness (QED) is 0.589. The van der Waals surface area contributed by atoms with Gasteiger partial charge in [-0.15, -0.1) is 0 Å². The van der Waals surface area contributed by atoms with Crippen LogP contribution in [-0.4, -0.2) is 34.2 Å².